The highest BCUT2D eigenvalue weighted by atomic mass is 32.2. The minimum atomic E-state index is -3.59. The number of carbonyl (C=O) groups excluding carboxylic acids is 2. The van der Waals surface area contributed by atoms with Gasteiger partial charge in [0, 0.05) is 43.4 Å². The number of thiophene rings is 1. The van der Waals surface area contributed by atoms with Crippen LogP contribution >= 0.6 is 11.3 Å². The Kier molecular flexibility index (Phi) is 6.86. The zero-order valence-corrected chi connectivity index (χ0v) is 18.7. The molecular formula is C19H24N4O5S2. The standard InChI is InChI=1S/C19H24N4O5S2/c1-13-14(2)29-18(17(13)19(25)28-3)21-16(24)12-22-7-9-23(10-8-22)30(26,27)15-5-4-6-20-11-15/h4-6,11H,7-10,12H2,1-3H3,(H,21,24). The Hall–Kier alpha value is -2.34. The van der Waals surface area contributed by atoms with Crippen molar-refractivity contribution in [2.45, 2.75) is 18.7 Å². The van der Waals surface area contributed by atoms with Gasteiger partial charge < -0.3 is 10.1 Å². The Morgan fingerprint density at radius 1 is 1.23 bits per heavy atom. The maximum atomic E-state index is 12.7. The van der Waals surface area contributed by atoms with Gasteiger partial charge in [-0.1, -0.05) is 0 Å². The fraction of sp³-hybridized carbons (Fsp3) is 0.421. The van der Waals surface area contributed by atoms with E-state index in [0.29, 0.717) is 23.7 Å². The molecule has 3 rings (SSSR count). The Morgan fingerprint density at radius 3 is 2.53 bits per heavy atom. The average molecular weight is 453 g/mol. The first kappa shape index (κ1) is 22.3. The molecule has 2 aromatic rings. The van der Waals surface area contributed by atoms with Crippen LogP contribution in [0.1, 0.15) is 20.8 Å². The summed E-state index contributed by atoms with van der Waals surface area (Å²) in [6.45, 7) is 5.24. The molecule has 3 heterocycles. The van der Waals surface area contributed by atoms with Gasteiger partial charge in [0.2, 0.25) is 15.9 Å². The predicted octanol–water partition coefficient (Wildman–Crippen LogP) is 1.49. The first-order valence-corrected chi connectivity index (χ1v) is 11.6. The van der Waals surface area contributed by atoms with Gasteiger partial charge in [-0.25, -0.2) is 13.2 Å². The van der Waals surface area contributed by atoms with Crippen LogP contribution in [0.2, 0.25) is 0 Å². The van der Waals surface area contributed by atoms with E-state index in [2.05, 4.69) is 10.3 Å². The molecule has 0 radical (unpaired) electrons. The first-order valence-electron chi connectivity index (χ1n) is 9.34. The number of esters is 1. The van der Waals surface area contributed by atoms with E-state index >= 15 is 0 Å². The zero-order valence-electron chi connectivity index (χ0n) is 17.0. The molecule has 1 amide bonds. The van der Waals surface area contributed by atoms with E-state index in [9.17, 15) is 18.0 Å². The number of nitrogens with zero attached hydrogens (tertiary/aromatic N) is 3. The van der Waals surface area contributed by atoms with Crippen LogP contribution in [-0.4, -0.2) is 74.3 Å². The summed E-state index contributed by atoms with van der Waals surface area (Å²) in [4.78, 5) is 31.4. The van der Waals surface area contributed by atoms with Crippen LogP contribution in [-0.2, 0) is 19.6 Å². The van der Waals surface area contributed by atoms with Crippen LogP contribution in [0.5, 0.6) is 0 Å². The number of carbonyl (C=O) groups is 2. The molecule has 0 aromatic carbocycles. The Balaban J connectivity index is 1.59. The van der Waals surface area contributed by atoms with E-state index in [1.165, 1.54) is 41.2 Å². The van der Waals surface area contributed by atoms with Gasteiger partial charge in [-0.05, 0) is 31.5 Å². The summed E-state index contributed by atoms with van der Waals surface area (Å²) in [5.41, 5.74) is 1.16. The van der Waals surface area contributed by atoms with E-state index in [-0.39, 0.29) is 30.4 Å². The highest BCUT2D eigenvalue weighted by Crippen LogP contribution is 2.33. The molecule has 1 N–H and O–H groups in total. The van der Waals surface area contributed by atoms with Crippen molar-refractivity contribution in [3.63, 3.8) is 0 Å². The molecule has 0 spiro atoms. The number of ether oxygens (including phenoxy) is 1. The van der Waals surface area contributed by atoms with Crippen molar-refractivity contribution in [2.24, 2.45) is 0 Å². The summed E-state index contributed by atoms with van der Waals surface area (Å²) < 4.78 is 31.6. The third-order valence-corrected chi connectivity index (χ3v) is 8.00. The number of anilines is 1. The van der Waals surface area contributed by atoms with Gasteiger partial charge in [-0.3, -0.25) is 14.7 Å². The summed E-state index contributed by atoms with van der Waals surface area (Å²) in [5, 5.41) is 3.27. The minimum absolute atomic E-state index is 0.109. The van der Waals surface area contributed by atoms with Crippen LogP contribution in [0.4, 0.5) is 5.00 Å². The molecule has 30 heavy (non-hydrogen) atoms. The van der Waals surface area contributed by atoms with Crippen LogP contribution in [0.25, 0.3) is 0 Å². The Morgan fingerprint density at radius 2 is 1.93 bits per heavy atom. The molecule has 162 valence electrons. The molecule has 9 nitrogen and oxygen atoms in total. The number of hydrogen-bond acceptors (Lipinski definition) is 8. The van der Waals surface area contributed by atoms with Crippen molar-refractivity contribution in [1.29, 1.82) is 0 Å². The van der Waals surface area contributed by atoms with Gasteiger partial charge in [0.1, 0.15) is 9.90 Å². The number of sulfonamides is 1. The number of methoxy groups -OCH3 is 1. The van der Waals surface area contributed by atoms with Crippen LogP contribution in [0.15, 0.2) is 29.4 Å². The molecule has 0 atom stereocenters. The van der Waals surface area contributed by atoms with Gasteiger partial charge in [0.25, 0.3) is 0 Å². The normalized spacial score (nSPS) is 15.7. The smallest absolute Gasteiger partial charge is 0.341 e. The van der Waals surface area contributed by atoms with Crippen molar-refractivity contribution in [1.82, 2.24) is 14.2 Å². The largest absolute Gasteiger partial charge is 0.465 e. The Labute approximate surface area is 179 Å². The fourth-order valence-corrected chi connectivity index (χ4v) is 5.66. The number of aryl methyl sites for hydroxylation is 1. The molecule has 0 bridgehead atoms. The van der Waals surface area contributed by atoms with Gasteiger partial charge in [0.05, 0.1) is 19.2 Å². The van der Waals surface area contributed by atoms with Crippen molar-refractivity contribution >= 4 is 38.2 Å². The maximum absolute atomic E-state index is 12.7. The second-order valence-corrected chi connectivity index (χ2v) is 10.1. The fourth-order valence-electron chi connectivity index (χ4n) is 3.21. The molecule has 1 aliphatic heterocycles. The highest BCUT2D eigenvalue weighted by Gasteiger charge is 2.29. The van der Waals surface area contributed by atoms with Crippen molar-refractivity contribution < 1.29 is 22.7 Å². The molecule has 2 aromatic heterocycles. The highest BCUT2D eigenvalue weighted by molar-refractivity contribution is 7.89. The quantitative estimate of drug-likeness (QED) is 0.662. The van der Waals surface area contributed by atoms with Gasteiger partial charge >= 0.3 is 5.97 Å². The van der Waals surface area contributed by atoms with E-state index in [4.69, 9.17) is 4.74 Å². The van der Waals surface area contributed by atoms with Crippen LogP contribution in [0, 0.1) is 13.8 Å². The lowest BCUT2D eigenvalue weighted by atomic mass is 10.1. The molecule has 1 aliphatic rings. The summed E-state index contributed by atoms with van der Waals surface area (Å²) in [6.07, 6.45) is 2.86. The molecule has 11 heteroatoms. The first-order chi connectivity index (χ1) is 14.2. The summed E-state index contributed by atoms with van der Waals surface area (Å²) in [6, 6.07) is 3.11. The lowest BCUT2D eigenvalue weighted by Crippen LogP contribution is -2.50. The number of amides is 1. The van der Waals surface area contributed by atoms with E-state index in [1.807, 2.05) is 18.7 Å². The van der Waals surface area contributed by atoms with Crippen molar-refractivity contribution in [2.75, 3.05) is 45.2 Å². The van der Waals surface area contributed by atoms with Gasteiger partial charge in [-0.2, -0.15) is 4.31 Å². The van der Waals surface area contributed by atoms with Crippen molar-refractivity contribution in [3.05, 3.63) is 40.5 Å². The zero-order chi connectivity index (χ0) is 21.9. The number of rotatable bonds is 6. The minimum Gasteiger partial charge on any atom is -0.465 e. The van der Waals surface area contributed by atoms with Gasteiger partial charge in [-0.15, -0.1) is 11.3 Å². The van der Waals surface area contributed by atoms with E-state index < -0.39 is 16.0 Å². The third kappa shape index (κ3) is 4.69. The molecule has 1 saturated heterocycles. The van der Waals surface area contributed by atoms with Crippen LogP contribution < -0.4 is 5.32 Å². The summed E-state index contributed by atoms with van der Waals surface area (Å²) in [5.74, 6) is -0.744. The number of hydrogen-bond donors (Lipinski definition) is 1. The molecule has 0 saturated carbocycles. The lowest BCUT2D eigenvalue weighted by Gasteiger charge is -2.33. The summed E-state index contributed by atoms with van der Waals surface area (Å²) in [7, 11) is -2.28. The third-order valence-electron chi connectivity index (χ3n) is 5.00. The second kappa shape index (κ2) is 9.21. The maximum Gasteiger partial charge on any atom is 0.341 e. The topological polar surface area (TPSA) is 109 Å². The lowest BCUT2D eigenvalue weighted by molar-refractivity contribution is -0.117. The Bertz CT molecular complexity index is 1030. The number of aromatic nitrogens is 1. The second-order valence-electron chi connectivity index (χ2n) is 6.90. The number of pyridine rings is 1. The van der Waals surface area contributed by atoms with Crippen molar-refractivity contribution in [3.8, 4) is 0 Å². The van der Waals surface area contributed by atoms with Gasteiger partial charge in [0.15, 0.2) is 0 Å². The molecule has 0 unspecified atom stereocenters. The molecule has 1 fully saturated rings. The summed E-state index contributed by atoms with van der Waals surface area (Å²) >= 11 is 1.33. The predicted molar refractivity (Wildman–Crippen MR) is 113 cm³/mol. The molecule has 0 aliphatic carbocycles. The van der Waals surface area contributed by atoms with E-state index in [0.717, 1.165) is 10.4 Å². The average Bonchev–Trinajstić information content (AvgIpc) is 3.01. The van der Waals surface area contributed by atoms with E-state index in [1.54, 1.807) is 6.07 Å². The molecular weight excluding hydrogens is 428 g/mol. The number of nitrogens with one attached hydrogen (secondary N) is 1. The monoisotopic (exact) mass is 452 g/mol. The SMILES string of the molecule is COC(=O)c1c(NC(=O)CN2CCN(S(=O)(=O)c3cccnc3)CC2)sc(C)c1C. The van der Waals surface area contributed by atoms with Crippen LogP contribution in [0.3, 0.4) is 0 Å². The number of piperazine rings is 1.